The highest BCUT2D eigenvalue weighted by atomic mass is 32.1. The molecule has 0 saturated carbocycles. The predicted molar refractivity (Wildman–Crippen MR) is 61.3 cm³/mol. The Hall–Kier alpha value is -0.450. The molecule has 1 heterocycles. The van der Waals surface area contributed by atoms with E-state index in [1.165, 1.54) is 0 Å². The Bertz CT molecular complexity index is 242. The Morgan fingerprint density at radius 3 is 2.71 bits per heavy atom. The molecule has 3 nitrogen and oxygen atoms in total. The number of rotatable bonds is 6. The van der Waals surface area contributed by atoms with Crippen LogP contribution >= 0.6 is 11.3 Å². The summed E-state index contributed by atoms with van der Waals surface area (Å²) in [4.78, 5) is 4.20. The molecule has 0 amide bonds. The molecule has 3 N–H and O–H groups in total. The highest BCUT2D eigenvalue weighted by molar-refractivity contribution is 7.07. The predicted octanol–water partition coefficient (Wildman–Crippen LogP) is 1.75. The quantitative estimate of drug-likeness (QED) is 0.757. The summed E-state index contributed by atoms with van der Waals surface area (Å²) >= 11 is 1.63. The van der Waals surface area contributed by atoms with Gasteiger partial charge in [0.25, 0.3) is 0 Å². The minimum Gasteiger partial charge on any atom is -0.324 e. The number of nitrogens with two attached hydrogens (primary N) is 1. The summed E-state index contributed by atoms with van der Waals surface area (Å²) in [6.07, 6.45) is 2.02. The van der Waals surface area contributed by atoms with Crippen molar-refractivity contribution in [1.82, 2.24) is 10.3 Å². The molecule has 80 valence electrons. The lowest BCUT2D eigenvalue weighted by Gasteiger charge is -2.26. The first kappa shape index (κ1) is 11.6. The van der Waals surface area contributed by atoms with Crippen LogP contribution in [0.1, 0.15) is 32.4 Å². The maximum Gasteiger partial charge on any atom is 0.0795 e. The fourth-order valence-electron chi connectivity index (χ4n) is 1.26. The third-order valence-electron chi connectivity index (χ3n) is 2.67. The molecule has 0 saturated heterocycles. The van der Waals surface area contributed by atoms with E-state index in [4.69, 9.17) is 5.73 Å². The molecule has 1 rings (SSSR count). The average Bonchev–Trinajstić information content (AvgIpc) is 2.70. The fraction of sp³-hybridized carbons (Fsp3) is 0.700. The van der Waals surface area contributed by atoms with E-state index in [2.05, 4.69) is 29.5 Å². The number of nitrogens with zero attached hydrogens (tertiary/aromatic N) is 1. The lowest BCUT2D eigenvalue weighted by molar-refractivity contribution is 0.368. The van der Waals surface area contributed by atoms with Crippen LogP contribution in [0.4, 0.5) is 0 Å². The molecule has 0 atom stereocenters. The van der Waals surface area contributed by atoms with Crippen LogP contribution in [0.15, 0.2) is 10.9 Å². The van der Waals surface area contributed by atoms with Gasteiger partial charge in [-0.05, 0) is 12.8 Å². The molecule has 0 radical (unpaired) electrons. The van der Waals surface area contributed by atoms with Crippen LogP contribution in [0.5, 0.6) is 0 Å². The Balaban J connectivity index is 2.27. The Morgan fingerprint density at radius 1 is 1.50 bits per heavy atom. The molecule has 0 aliphatic rings. The normalized spacial score (nSPS) is 11.9. The number of hydrogen-bond acceptors (Lipinski definition) is 4. The molecule has 1 aromatic rings. The number of nitrogens with one attached hydrogen (secondary N) is 1. The lowest BCUT2D eigenvalue weighted by atomic mass is 9.94. The van der Waals surface area contributed by atoms with Crippen molar-refractivity contribution >= 4 is 11.3 Å². The first-order valence-corrected chi connectivity index (χ1v) is 6.01. The van der Waals surface area contributed by atoms with Gasteiger partial charge in [-0.2, -0.15) is 0 Å². The maximum absolute atomic E-state index is 6.16. The summed E-state index contributed by atoms with van der Waals surface area (Å²) in [5, 5.41) is 5.41. The van der Waals surface area contributed by atoms with Gasteiger partial charge in [0.05, 0.1) is 11.2 Å². The van der Waals surface area contributed by atoms with Crippen molar-refractivity contribution in [2.24, 2.45) is 5.73 Å². The van der Waals surface area contributed by atoms with Crippen molar-refractivity contribution in [2.45, 2.75) is 38.8 Å². The fourth-order valence-corrected chi connectivity index (χ4v) is 1.82. The first-order valence-electron chi connectivity index (χ1n) is 5.07. The van der Waals surface area contributed by atoms with E-state index in [9.17, 15) is 0 Å². The summed E-state index contributed by atoms with van der Waals surface area (Å²) in [6, 6.07) is 0. The summed E-state index contributed by atoms with van der Waals surface area (Å²) in [6.45, 7) is 5.95. The van der Waals surface area contributed by atoms with E-state index in [1.807, 2.05) is 5.51 Å². The van der Waals surface area contributed by atoms with Crippen LogP contribution in [-0.2, 0) is 6.54 Å². The average molecular weight is 213 g/mol. The molecule has 0 aliphatic heterocycles. The van der Waals surface area contributed by atoms with Gasteiger partial charge in [-0.25, -0.2) is 4.98 Å². The standard InChI is InChI=1S/C10H19N3S/c1-3-10(11,4-2)7-12-5-9-6-14-8-13-9/h6,8,12H,3-5,7,11H2,1-2H3. The lowest BCUT2D eigenvalue weighted by Crippen LogP contribution is -2.47. The summed E-state index contributed by atoms with van der Waals surface area (Å²) in [5.74, 6) is 0. The van der Waals surface area contributed by atoms with Gasteiger partial charge in [-0.15, -0.1) is 11.3 Å². The van der Waals surface area contributed by atoms with Crippen molar-refractivity contribution < 1.29 is 0 Å². The van der Waals surface area contributed by atoms with Crippen LogP contribution in [0.3, 0.4) is 0 Å². The van der Waals surface area contributed by atoms with E-state index in [-0.39, 0.29) is 5.54 Å². The number of hydrogen-bond donors (Lipinski definition) is 2. The van der Waals surface area contributed by atoms with Crippen LogP contribution in [0.2, 0.25) is 0 Å². The van der Waals surface area contributed by atoms with E-state index in [0.717, 1.165) is 31.6 Å². The molecular formula is C10H19N3S. The van der Waals surface area contributed by atoms with Gasteiger partial charge in [-0.3, -0.25) is 0 Å². The maximum atomic E-state index is 6.16. The molecular weight excluding hydrogens is 194 g/mol. The highest BCUT2D eigenvalue weighted by Crippen LogP contribution is 2.09. The van der Waals surface area contributed by atoms with Gasteiger partial charge in [0, 0.05) is 24.0 Å². The van der Waals surface area contributed by atoms with Gasteiger partial charge in [0.15, 0.2) is 0 Å². The molecule has 0 unspecified atom stereocenters. The second kappa shape index (κ2) is 5.44. The van der Waals surface area contributed by atoms with E-state index in [1.54, 1.807) is 11.3 Å². The summed E-state index contributed by atoms with van der Waals surface area (Å²) in [7, 11) is 0. The van der Waals surface area contributed by atoms with Crippen molar-refractivity contribution in [3.05, 3.63) is 16.6 Å². The second-order valence-corrected chi connectivity index (χ2v) is 4.37. The molecule has 4 heteroatoms. The van der Waals surface area contributed by atoms with Gasteiger partial charge >= 0.3 is 0 Å². The van der Waals surface area contributed by atoms with Gasteiger partial charge < -0.3 is 11.1 Å². The van der Waals surface area contributed by atoms with Gasteiger partial charge in [0.2, 0.25) is 0 Å². The van der Waals surface area contributed by atoms with Gasteiger partial charge in [-0.1, -0.05) is 13.8 Å². The number of thiazole rings is 1. The molecule has 14 heavy (non-hydrogen) atoms. The molecule has 0 aromatic carbocycles. The summed E-state index contributed by atoms with van der Waals surface area (Å²) < 4.78 is 0. The third-order valence-corrected chi connectivity index (χ3v) is 3.31. The van der Waals surface area contributed by atoms with Crippen molar-refractivity contribution in [3.8, 4) is 0 Å². The smallest absolute Gasteiger partial charge is 0.0795 e. The molecule has 0 fully saturated rings. The van der Waals surface area contributed by atoms with E-state index < -0.39 is 0 Å². The van der Waals surface area contributed by atoms with Crippen molar-refractivity contribution in [1.29, 1.82) is 0 Å². The second-order valence-electron chi connectivity index (χ2n) is 3.65. The zero-order valence-electron chi connectivity index (χ0n) is 8.92. The van der Waals surface area contributed by atoms with Crippen LogP contribution in [-0.4, -0.2) is 17.1 Å². The molecule has 0 bridgehead atoms. The van der Waals surface area contributed by atoms with Crippen molar-refractivity contribution in [2.75, 3.05) is 6.54 Å². The minimum absolute atomic E-state index is 0.0595. The van der Waals surface area contributed by atoms with Crippen LogP contribution < -0.4 is 11.1 Å². The Labute approximate surface area is 89.7 Å². The largest absolute Gasteiger partial charge is 0.324 e. The number of aromatic nitrogens is 1. The van der Waals surface area contributed by atoms with Gasteiger partial charge in [0.1, 0.15) is 0 Å². The van der Waals surface area contributed by atoms with Crippen LogP contribution in [0, 0.1) is 0 Å². The zero-order chi connectivity index (χ0) is 10.4. The third kappa shape index (κ3) is 3.36. The van der Waals surface area contributed by atoms with E-state index in [0.29, 0.717) is 0 Å². The Kier molecular flexibility index (Phi) is 4.51. The van der Waals surface area contributed by atoms with Crippen molar-refractivity contribution in [3.63, 3.8) is 0 Å². The van der Waals surface area contributed by atoms with Crippen LogP contribution in [0.25, 0.3) is 0 Å². The molecule has 1 aromatic heterocycles. The summed E-state index contributed by atoms with van der Waals surface area (Å²) in [5.41, 5.74) is 9.05. The first-order chi connectivity index (χ1) is 6.70. The van der Waals surface area contributed by atoms with E-state index >= 15 is 0 Å². The molecule has 0 aliphatic carbocycles. The highest BCUT2D eigenvalue weighted by Gasteiger charge is 2.19. The topological polar surface area (TPSA) is 50.9 Å². The Morgan fingerprint density at radius 2 is 2.21 bits per heavy atom. The molecule has 0 spiro atoms. The zero-order valence-corrected chi connectivity index (χ0v) is 9.73. The monoisotopic (exact) mass is 213 g/mol. The SMILES string of the molecule is CCC(N)(CC)CNCc1cscn1. The minimum atomic E-state index is -0.0595.